The van der Waals surface area contributed by atoms with E-state index in [1.807, 2.05) is 53.1 Å². The fraction of sp³-hybridized carbons (Fsp3) is 0.375. The number of carbonyl (C=O) groups is 1. The summed E-state index contributed by atoms with van der Waals surface area (Å²) in [6, 6.07) is 14.6. The van der Waals surface area contributed by atoms with Gasteiger partial charge in [0, 0.05) is 30.5 Å². The zero-order valence-corrected chi connectivity index (χ0v) is 26.1. The Morgan fingerprint density at radius 1 is 1.17 bits per heavy atom. The molecule has 10 heteroatoms. The first kappa shape index (κ1) is 31.1. The highest BCUT2D eigenvalue weighted by Gasteiger charge is 2.17. The SMILES string of the molecule is CCCCC(=Nc1cn(C)nc1C)N(C=O)Cc1ccc(-c2ccccc2SNc2noc(C)c2C)c(COCC)c1. The largest absolute Gasteiger partial charge is 0.377 e. The van der Waals surface area contributed by atoms with Gasteiger partial charge in [-0.3, -0.25) is 14.4 Å². The maximum Gasteiger partial charge on any atom is 0.215 e. The molecule has 4 aromatic rings. The minimum Gasteiger partial charge on any atom is -0.377 e. The Hall–Kier alpha value is -3.89. The van der Waals surface area contributed by atoms with Gasteiger partial charge in [-0.05, 0) is 74.4 Å². The van der Waals surface area contributed by atoms with Crippen LogP contribution in [0.1, 0.15) is 61.3 Å². The van der Waals surface area contributed by atoms with Gasteiger partial charge in [-0.15, -0.1) is 0 Å². The molecule has 9 nitrogen and oxygen atoms in total. The van der Waals surface area contributed by atoms with Crippen LogP contribution >= 0.6 is 11.9 Å². The molecule has 0 bridgehead atoms. The Morgan fingerprint density at radius 3 is 2.64 bits per heavy atom. The zero-order valence-electron chi connectivity index (χ0n) is 25.3. The highest BCUT2D eigenvalue weighted by Crippen LogP contribution is 2.35. The van der Waals surface area contributed by atoms with Crippen LogP contribution in [-0.4, -0.2) is 38.7 Å². The van der Waals surface area contributed by atoms with Crippen molar-refractivity contribution in [1.29, 1.82) is 0 Å². The molecule has 0 saturated heterocycles. The molecule has 0 radical (unpaired) electrons. The Balaban J connectivity index is 1.64. The number of amidine groups is 1. The first-order valence-electron chi connectivity index (χ1n) is 14.3. The summed E-state index contributed by atoms with van der Waals surface area (Å²) in [4.78, 5) is 20.0. The monoisotopic (exact) mass is 588 g/mol. The maximum absolute atomic E-state index is 12.4. The Morgan fingerprint density at radius 2 is 1.98 bits per heavy atom. The highest BCUT2D eigenvalue weighted by atomic mass is 32.2. The van der Waals surface area contributed by atoms with Crippen molar-refractivity contribution in [3.8, 4) is 11.1 Å². The number of amides is 1. The molecule has 42 heavy (non-hydrogen) atoms. The number of benzene rings is 2. The van der Waals surface area contributed by atoms with E-state index in [1.54, 1.807) is 9.58 Å². The molecule has 0 aliphatic heterocycles. The van der Waals surface area contributed by atoms with Gasteiger partial charge < -0.3 is 14.0 Å². The van der Waals surface area contributed by atoms with Gasteiger partial charge in [0.2, 0.25) is 6.41 Å². The minimum absolute atomic E-state index is 0.410. The van der Waals surface area contributed by atoms with Crippen LogP contribution in [-0.2, 0) is 29.7 Å². The van der Waals surface area contributed by atoms with Crippen LogP contribution in [0.15, 0.2) is 63.1 Å². The number of nitrogens with one attached hydrogen (secondary N) is 1. The van der Waals surface area contributed by atoms with Gasteiger partial charge in [-0.1, -0.05) is 54.9 Å². The predicted octanol–water partition coefficient (Wildman–Crippen LogP) is 7.53. The summed E-state index contributed by atoms with van der Waals surface area (Å²) in [7, 11) is 1.87. The highest BCUT2D eigenvalue weighted by molar-refractivity contribution is 8.00. The Kier molecular flexibility index (Phi) is 11.0. The van der Waals surface area contributed by atoms with Crippen molar-refractivity contribution in [3.63, 3.8) is 0 Å². The van der Waals surface area contributed by atoms with E-state index in [9.17, 15) is 4.79 Å². The minimum atomic E-state index is 0.410. The van der Waals surface area contributed by atoms with Gasteiger partial charge in [0.1, 0.15) is 17.3 Å². The standard InChI is InChI=1S/C32H40N6O3S/c1-7-9-14-31(33-29-19-37(6)34-23(29)4)38(21-39)18-25-15-16-27(26(17-25)20-40-8-2)28-12-10-11-13-30(28)42-36-32-22(3)24(5)41-35-32/h10-13,15-17,19,21H,7-9,14,18,20H2,1-6H3,(H,35,36). The van der Waals surface area contributed by atoms with E-state index in [-0.39, 0.29) is 0 Å². The van der Waals surface area contributed by atoms with Crippen LogP contribution in [0.5, 0.6) is 0 Å². The van der Waals surface area contributed by atoms with E-state index in [0.29, 0.717) is 32.0 Å². The third-order valence-electron chi connectivity index (χ3n) is 7.03. The average Bonchev–Trinajstić information content (AvgIpc) is 3.49. The molecule has 1 amide bonds. The molecule has 222 valence electrons. The summed E-state index contributed by atoms with van der Waals surface area (Å²) in [5.74, 6) is 2.25. The maximum atomic E-state index is 12.4. The molecule has 4 rings (SSSR count). The quantitative estimate of drug-likeness (QED) is 0.0703. The third kappa shape index (κ3) is 7.68. The summed E-state index contributed by atoms with van der Waals surface area (Å²) in [6.45, 7) is 11.4. The van der Waals surface area contributed by atoms with Crippen LogP contribution in [0.3, 0.4) is 0 Å². The van der Waals surface area contributed by atoms with Crippen LogP contribution in [0.25, 0.3) is 11.1 Å². The number of rotatable bonds is 14. The van der Waals surface area contributed by atoms with Gasteiger partial charge in [-0.2, -0.15) is 5.10 Å². The normalized spacial score (nSPS) is 11.6. The molecular weight excluding hydrogens is 548 g/mol. The van der Waals surface area contributed by atoms with E-state index < -0.39 is 0 Å². The molecule has 2 heterocycles. The topological polar surface area (TPSA) is 97.8 Å². The van der Waals surface area contributed by atoms with E-state index in [2.05, 4.69) is 52.2 Å². The molecular formula is C32H40N6O3S. The van der Waals surface area contributed by atoms with Crippen LogP contribution in [0, 0.1) is 20.8 Å². The van der Waals surface area contributed by atoms with E-state index in [4.69, 9.17) is 14.3 Å². The molecule has 0 unspecified atom stereocenters. The molecule has 0 saturated carbocycles. The number of hydrogen-bond acceptors (Lipinski definition) is 8. The summed E-state index contributed by atoms with van der Waals surface area (Å²) in [6.07, 6.45) is 5.41. The summed E-state index contributed by atoms with van der Waals surface area (Å²) in [5.41, 5.74) is 6.82. The number of ether oxygens (including phenoxy) is 1. The van der Waals surface area contributed by atoms with Gasteiger partial charge in [0.15, 0.2) is 5.82 Å². The summed E-state index contributed by atoms with van der Waals surface area (Å²) < 4.78 is 16.3. The summed E-state index contributed by atoms with van der Waals surface area (Å²) >= 11 is 1.50. The molecule has 0 aliphatic rings. The number of aryl methyl sites for hydroxylation is 3. The van der Waals surface area contributed by atoms with Crippen molar-refractivity contribution < 1.29 is 14.1 Å². The van der Waals surface area contributed by atoms with Crippen molar-refractivity contribution in [2.75, 3.05) is 11.3 Å². The van der Waals surface area contributed by atoms with Crippen LogP contribution in [0.4, 0.5) is 11.5 Å². The van der Waals surface area contributed by atoms with Crippen molar-refractivity contribution in [2.24, 2.45) is 12.0 Å². The number of nitrogens with zero attached hydrogens (tertiary/aromatic N) is 5. The lowest BCUT2D eigenvalue weighted by Crippen LogP contribution is -2.29. The van der Waals surface area contributed by atoms with Crippen molar-refractivity contribution in [1.82, 2.24) is 19.8 Å². The van der Waals surface area contributed by atoms with Gasteiger partial charge in [-0.25, -0.2) is 4.99 Å². The number of unbranched alkanes of at least 4 members (excludes halogenated alkanes) is 1. The molecule has 0 aliphatic carbocycles. The van der Waals surface area contributed by atoms with Crippen molar-refractivity contribution in [3.05, 3.63) is 76.8 Å². The number of aromatic nitrogens is 3. The Labute approximate surface area is 252 Å². The fourth-order valence-corrected chi connectivity index (χ4v) is 5.39. The number of carbonyl (C=O) groups excluding carboxylic acids is 1. The molecule has 0 fully saturated rings. The number of aliphatic imine (C=N–C) groups is 1. The van der Waals surface area contributed by atoms with Gasteiger partial charge in [0.25, 0.3) is 0 Å². The van der Waals surface area contributed by atoms with E-state index in [0.717, 1.165) is 74.9 Å². The predicted molar refractivity (Wildman–Crippen MR) is 169 cm³/mol. The fourth-order valence-electron chi connectivity index (χ4n) is 4.55. The zero-order chi connectivity index (χ0) is 30.1. The second-order valence-electron chi connectivity index (χ2n) is 10.2. The lowest BCUT2D eigenvalue weighted by molar-refractivity contribution is -0.115. The number of hydrogen-bond donors (Lipinski definition) is 1. The smallest absolute Gasteiger partial charge is 0.215 e. The van der Waals surface area contributed by atoms with E-state index >= 15 is 0 Å². The second-order valence-corrected chi connectivity index (χ2v) is 11.0. The van der Waals surface area contributed by atoms with Crippen LogP contribution < -0.4 is 4.72 Å². The number of anilines is 1. The molecule has 0 atom stereocenters. The van der Waals surface area contributed by atoms with Crippen molar-refractivity contribution >= 4 is 35.7 Å². The molecule has 2 aromatic carbocycles. The molecule has 2 aromatic heterocycles. The first-order chi connectivity index (χ1) is 20.3. The molecule has 1 N–H and O–H groups in total. The van der Waals surface area contributed by atoms with Crippen LogP contribution in [0.2, 0.25) is 0 Å². The average molecular weight is 589 g/mol. The lowest BCUT2D eigenvalue weighted by Gasteiger charge is -2.21. The second kappa shape index (κ2) is 14.8. The summed E-state index contributed by atoms with van der Waals surface area (Å²) in [5, 5.41) is 8.54. The van der Waals surface area contributed by atoms with Gasteiger partial charge in [0.05, 0.1) is 25.0 Å². The lowest BCUT2D eigenvalue weighted by atomic mass is 9.97. The van der Waals surface area contributed by atoms with Gasteiger partial charge >= 0.3 is 0 Å². The van der Waals surface area contributed by atoms with Crippen molar-refractivity contribution in [2.45, 2.75) is 71.9 Å². The third-order valence-corrected chi connectivity index (χ3v) is 7.90. The first-order valence-corrected chi connectivity index (χ1v) is 15.1. The molecule has 0 spiro atoms. The van der Waals surface area contributed by atoms with E-state index in [1.165, 1.54) is 11.9 Å². The Bertz CT molecular complexity index is 1530.